The molecular weight excluding hydrogens is 416 g/mol. The molecule has 0 amide bonds. The van der Waals surface area contributed by atoms with Crippen molar-refractivity contribution in [2.75, 3.05) is 0 Å². The summed E-state index contributed by atoms with van der Waals surface area (Å²) in [6.45, 7) is 0. The van der Waals surface area contributed by atoms with Crippen LogP contribution < -0.4 is 0 Å². The molecule has 34 heavy (non-hydrogen) atoms. The highest BCUT2D eigenvalue weighted by Crippen LogP contribution is 2.46. The molecule has 2 heterocycles. The van der Waals surface area contributed by atoms with Gasteiger partial charge in [-0.15, -0.1) is 0 Å². The van der Waals surface area contributed by atoms with Gasteiger partial charge in [0.2, 0.25) is 0 Å². The number of hydrogen-bond donors (Lipinski definition) is 0. The van der Waals surface area contributed by atoms with Crippen LogP contribution in [0.3, 0.4) is 0 Å². The van der Waals surface area contributed by atoms with E-state index < -0.39 is 0 Å². The molecule has 7 rings (SSSR count). The summed E-state index contributed by atoms with van der Waals surface area (Å²) in [6.07, 6.45) is 0. The Hall–Kier alpha value is -4.56. The van der Waals surface area contributed by atoms with E-state index in [-0.39, 0.29) is 0 Å². The molecule has 0 atom stereocenters. The average Bonchev–Trinajstić information content (AvgIpc) is 3.48. The van der Waals surface area contributed by atoms with E-state index in [0.717, 1.165) is 66.5 Å². The van der Waals surface area contributed by atoms with Crippen LogP contribution in [-0.4, -0.2) is 0 Å². The van der Waals surface area contributed by atoms with Gasteiger partial charge < -0.3 is 8.83 Å². The molecule has 5 aromatic carbocycles. The zero-order valence-corrected chi connectivity index (χ0v) is 18.4. The molecule has 0 aliphatic carbocycles. The second-order valence-corrected chi connectivity index (χ2v) is 8.50. The van der Waals surface area contributed by atoms with Gasteiger partial charge in [0, 0.05) is 38.2 Å². The Morgan fingerprint density at radius 1 is 0.382 bits per heavy atom. The van der Waals surface area contributed by atoms with Crippen LogP contribution >= 0.6 is 0 Å². The van der Waals surface area contributed by atoms with E-state index in [4.69, 9.17) is 8.83 Å². The molecule has 0 aliphatic rings. The van der Waals surface area contributed by atoms with Crippen molar-refractivity contribution in [2.45, 2.75) is 0 Å². The van der Waals surface area contributed by atoms with Gasteiger partial charge in [-0.05, 0) is 23.8 Å². The maximum atomic E-state index is 6.68. The summed E-state index contributed by atoms with van der Waals surface area (Å²) in [5.74, 6) is 1.74. The van der Waals surface area contributed by atoms with Crippen LogP contribution in [0.25, 0.3) is 66.5 Å². The number of para-hydroxylation sites is 1. The molecule has 2 aromatic heterocycles. The summed E-state index contributed by atoms with van der Waals surface area (Å²) in [6, 6.07) is 41.7. The van der Waals surface area contributed by atoms with Gasteiger partial charge in [-0.2, -0.15) is 0 Å². The molecule has 0 spiro atoms. The third kappa shape index (κ3) is 2.82. The van der Waals surface area contributed by atoms with Gasteiger partial charge in [0.15, 0.2) is 0 Å². The topological polar surface area (TPSA) is 26.3 Å². The molecular formula is C32H20O2. The molecule has 0 saturated heterocycles. The highest BCUT2D eigenvalue weighted by Gasteiger charge is 2.22. The number of rotatable bonds is 3. The fourth-order valence-electron chi connectivity index (χ4n) is 4.96. The van der Waals surface area contributed by atoms with Crippen LogP contribution in [0, 0.1) is 0 Å². The first-order valence-electron chi connectivity index (χ1n) is 11.5. The molecule has 0 saturated carbocycles. The lowest BCUT2D eigenvalue weighted by Gasteiger charge is -2.10. The second-order valence-electron chi connectivity index (χ2n) is 8.50. The molecule has 160 valence electrons. The van der Waals surface area contributed by atoms with Crippen molar-refractivity contribution in [2.24, 2.45) is 0 Å². The van der Waals surface area contributed by atoms with E-state index in [2.05, 4.69) is 84.9 Å². The Morgan fingerprint density at radius 2 is 0.971 bits per heavy atom. The maximum absolute atomic E-state index is 6.68. The second kappa shape index (κ2) is 7.50. The quantitative estimate of drug-likeness (QED) is 0.276. The monoisotopic (exact) mass is 436 g/mol. The minimum absolute atomic E-state index is 0.857. The van der Waals surface area contributed by atoms with Crippen molar-refractivity contribution in [3.8, 4) is 33.8 Å². The summed E-state index contributed by atoms with van der Waals surface area (Å²) in [5, 5.41) is 4.43. The molecule has 2 heteroatoms. The zero-order valence-electron chi connectivity index (χ0n) is 18.4. The van der Waals surface area contributed by atoms with Gasteiger partial charge >= 0.3 is 0 Å². The van der Waals surface area contributed by atoms with Gasteiger partial charge in [-0.25, -0.2) is 0 Å². The molecule has 7 aromatic rings. The largest absolute Gasteiger partial charge is 0.455 e. The van der Waals surface area contributed by atoms with Gasteiger partial charge in [-0.3, -0.25) is 0 Å². The maximum Gasteiger partial charge on any atom is 0.143 e. The zero-order chi connectivity index (χ0) is 22.5. The first-order valence-corrected chi connectivity index (χ1v) is 11.5. The predicted molar refractivity (Wildman–Crippen MR) is 140 cm³/mol. The number of fused-ring (bicyclic) bond motifs is 4. The lowest BCUT2D eigenvalue weighted by molar-refractivity contribution is 0.602. The molecule has 0 radical (unpaired) electrons. The van der Waals surface area contributed by atoms with E-state index in [0.29, 0.717) is 0 Å². The highest BCUT2D eigenvalue weighted by molar-refractivity contribution is 6.14. The average molecular weight is 437 g/mol. The van der Waals surface area contributed by atoms with Crippen molar-refractivity contribution in [1.29, 1.82) is 0 Å². The third-order valence-corrected chi connectivity index (χ3v) is 6.51. The predicted octanol–water partition coefficient (Wildman–Crippen LogP) is 9.33. The summed E-state index contributed by atoms with van der Waals surface area (Å²) in [7, 11) is 0. The van der Waals surface area contributed by atoms with Crippen LogP contribution in [0.2, 0.25) is 0 Å². The lowest BCUT2D eigenvalue weighted by Crippen LogP contribution is -1.86. The number of benzene rings is 5. The van der Waals surface area contributed by atoms with Crippen LogP contribution in [-0.2, 0) is 0 Å². The normalized spacial score (nSPS) is 11.5. The van der Waals surface area contributed by atoms with Gasteiger partial charge in [0.05, 0.1) is 0 Å². The standard InChI is InChI=1S/C32H20O2/c1-3-11-21(12-4-1)29-27(20-19-26-23-15-9-10-18-28(23)33-32(26)29)31-25-17-8-7-16-24(25)30(34-31)22-13-5-2-6-14-22/h1-20H. The fraction of sp³-hybridized carbons (Fsp3) is 0. The number of furan rings is 2. The Morgan fingerprint density at radius 3 is 1.71 bits per heavy atom. The first kappa shape index (κ1) is 19.0. The van der Waals surface area contributed by atoms with Crippen molar-refractivity contribution in [3.05, 3.63) is 121 Å². The summed E-state index contributed by atoms with van der Waals surface area (Å²) < 4.78 is 13.1. The van der Waals surface area contributed by atoms with E-state index in [1.54, 1.807) is 0 Å². The van der Waals surface area contributed by atoms with Crippen molar-refractivity contribution in [1.82, 2.24) is 0 Å². The van der Waals surface area contributed by atoms with Crippen LogP contribution in [0.4, 0.5) is 0 Å². The molecule has 0 N–H and O–H groups in total. The Balaban J connectivity index is 1.60. The highest BCUT2D eigenvalue weighted by atomic mass is 16.3. The van der Waals surface area contributed by atoms with E-state index in [1.165, 1.54) is 0 Å². The molecule has 0 bridgehead atoms. The number of hydrogen-bond acceptors (Lipinski definition) is 2. The van der Waals surface area contributed by atoms with Crippen LogP contribution in [0.5, 0.6) is 0 Å². The summed E-state index contributed by atoms with van der Waals surface area (Å²) >= 11 is 0. The molecule has 2 nitrogen and oxygen atoms in total. The Labute approximate surface area is 196 Å². The summed E-state index contributed by atoms with van der Waals surface area (Å²) in [5.41, 5.74) is 6.01. The van der Waals surface area contributed by atoms with Crippen molar-refractivity contribution >= 4 is 32.7 Å². The van der Waals surface area contributed by atoms with E-state index in [1.807, 2.05) is 36.4 Å². The Kier molecular flexibility index (Phi) is 4.18. The minimum Gasteiger partial charge on any atom is -0.455 e. The Bertz CT molecular complexity index is 1790. The third-order valence-electron chi connectivity index (χ3n) is 6.51. The van der Waals surface area contributed by atoms with Gasteiger partial charge in [-0.1, -0.05) is 103 Å². The fourth-order valence-corrected chi connectivity index (χ4v) is 4.96. The van der Waals surface area contributed by atoms with E-state index >= 15 is 0 Å². The summed E-state index contributed by atoms with van der Waals surface area (Å²) in [4.78, 5) is 0. The van der Waals surface area contributed by atoms with Crippen LogP contribution in [0.1, 0.15) is 0 Å². The van der Waals surface area contributed by atoms with Gasteiger partial charge in [0.25, 0.3) is 0 Å². The van der Waals surface area contributed by atoms with Crippen molar-refractivity contribution in [3.63, 3.8) is 0 Å². The molecule has 0 fully saturated rings. The van der Waals surface area contributed by atoms with E-state index in [9.17, 15) is 0 Å². The van der Waals surface area contributed by atoms with Crippen molar-refractivity contribution < 1.29 is 8.83 Å². The smallest absolute Gasteiger partial charge is 0.143 e. The lowest BCUT2D eigenvalue weighted by atomic mass is 9.94. The van der Waals surface area contributed by atoms with Crippen LogP contribution in [0.15, 0.2) is 130 Å². The minimum atomic E-state index is 0.857. The first-order chi connectivity index (χ1) is 16.9. The molecule has 0 aliphatic heterocycles. The SMILES string of the molecule is c1ccc(-c2oc(-c3ccc4c(oc5ccccc54)c3-c3ccccc3)c3ccccc23)cc1. The molecule has 0 unspecified atom stereocenters. The van der Waals surface area contributed by atoms with Gasteiger partial charge in [0.1, 0.15) is 22.7 Å².